The third-order valence-corrected chi connectivity index (χ3v) is 1.03. The standard InChI is InChI=1S/C9H16O5/c1-9(2,3)14-8(11)6-13-7(10)5-12-4/h5-6H2,1-4H3. The smallest absolute Gasteiger partial charge is 0.344 e. The first-order chi connectivity index (χ1) is 6.35. The van der Waals surface area contributed by atoms with Gasteiger partial charge in [0.05, 0.1) is 0 Å². The molecule has 0 aliphatic rings. The molecule has 0 aromatic rings. The Morgan fingerprint density at radius 1 is 1.07 bits per heavy atom. The van der Waals surface area contributed by atoms with Crippen molar-refractivity contribution < 1.29 is 23.8 Å². The maximum absolute atomic E-state index is 11.0. The molecule has 0 unspecified atom stereocenters. The van der Waals surface area contributed by atoms with Crippen molar-refractivity contribution in [3.05, 3.63) is 0 Å². The highest BCUT2D eigenvalue weighted by Gasteiger charge is 2.17. The molecule has 5 heteroatoms. The summed E-state index contributed by atoms with van der Waals surface area (Å²) >= 11 is 0. The normalized spacial score (nSPS) is 10.9. The van der Waals surface area contributed by atoms with Crippen LogP contribution in [0.1, 0.15) is 20.8 Å². The Labute approximate surface area is 83.3 Å². The monoisotopic (exact) mass is 204 g/mol. The lowest BCUT2D eigenvalue weighted by atomic mass is 10.2. The highest BCUT2D eigenvalue weighted by Crippen LogP contribution is 2.06. The van der Waals surface area contributed by atoms with Crippen molar-refractivity contribution in [1.82, 2.24) is 0 Å². The van der Waals surface area contributed by atoms with E-state index in [2.05, 4.69) is 9.47 Å². The van der Waals surface area contributed by atoms with Gasteiger partial charge in [-0.1, -0.05) is 0 Å². The van der Waals surface area contributed by atoms with E-state index in [1.54, 1.807) is 20.8 Å². The van der Waals surface area contributed by atoms with Gasteiger partial charge in [-0.25, -0.2) is 9.59 Å². The minimum absolute atomic E-state index is 0.164. The van der Waals surface area contributed by atoms with Crippen LogP contribution in [0.25, 0.3) is 0 Å². The molecule has 0 aliphatic heterocycles. The fourth-order valence-electron chi connectivity index (χ4n) is 0.670. The number of hydrogen-bond acceptors (Lipinski definition) is 5. The number of carbonyl (C=O) groups excluding carboxylic acids is 2. The summed E-state index contributed by atoms with van der Waals surface area (Å²) in [4.78, 5) is 21.8. The molecule has 82 valence electrons. The summed E-state index contributed by atoms with van der Waals surface area (Å²) < 4.78 is 14.0. The van der Waals surface area contributed by atoms with Gasteiger partial charge in [0.1, 0.15) is 12.2 Å². The van der Waals surface area contributed by atoms with Gasteiger partial charge in [-0.3, -0.25) is 0 Å². The minimum Gasteiger partial charge on any atom is -0.457 e. The second kappa shape index (κ2) is 5.59. The molecule has 0 rings (SSSR count). The summed E-state index contributed by atoms with van der Waals surface area (Å²) in [5.74, 6) is -1.15. The van der Waals surface area contributed by atoms with E-state index in [1.165, 1.54) is 7.11 Å². The maximum atomic E-state index is 11.0. The van der Waals surface area contributed by atoms with Crippen molar-refractivity contribution in [2.45, 2.75) is 26.4 Å². The molecule has 0 aromatic heterocycles. The number of hydrogen-bond donors (Lipinski definition) is 0. The topological polar surface area (TPSA) is 61.8 Å². The Hall–Kier alpha value is -1.10. The van der Waals surface area contributed by atoms with Crippen LogP contribution in [0.15, 0.2) is 0 Å². The van der Waals surface area contributed by atoms with Crippen LogP contribution in [0.5, 0.6) is 0 Å². The van der Waals surface area contributed by atoms with E-state index < -0.39 is 17.5 Å². The van der Waals surface area contributed by atoms with Crippen LogP contribution in [-0.2, 0) is 23.8 Å². The number of methoxy groups -OCH3 is 1. The van der Waals surface area contributed by atoms with Crippen LogP contribution < -0.4 is 0 Å². The molecule has 0 saturated carbocycles. The number of rotatable bonds is 4. The van der Waals surface area contributed by atoms with E-state index in [-0.39, 0.29) is 13.2 Å². The summed E-state index contributed by atoms with van der Waals surface area (Å²) in [6.45, 7) is 4.67. The third-order valence-electron chi connectivity index (χ3n) is 1.03. The average molecular weight is 204 g/mol. The molecule has 0 fully saturated rings. The van der Waals surface area contributed by atoms with Crippen molar-refractivity contribution in [2.24, 2.45) is 0 Å². The van der Waals surface area contributed by atoms with E-state index in [4.69, 9.17) is 4.74 Å². The number of ether oxygens (including phenoxy) is 3. The van der Waals surface area contributed by atoms with Crippen LogP contribution in [0.4, 0.5) is 0 Å². The van der Waals surface area contributed by atoms with Gasteiger partial charge < -0.3 is 14.2 Å². The molecule has 0 spiro atoms. The van der Waals surface area contributed by atoms with Gasteiger partial charge in [0.15, 0.2) is 6.61 Å². The van der Waals surface area contributed by atoms with Crippen molar-refractivity contribution in [2.75, 3.05) is 20.3 Å². The van der Waals surface area contributed by atoms with Gasteiger partial charge >= 0.3 is 11.9 Å². The Balaban J connectivity index is 3.70. The Morgan fingerprint density at radius 3 is 2.07 bits per heavy atom. The van der Waals surface area contributed by atoms with Crippen LogP contribution in [0.2, 0.25) is 0 Å². The number of carbonyl (C=O) groups is 2. The summed E-state index contributed by atoms with van der Waals surface area (Å²) in [5.41, 5.74) is -0.565. The average Bonchev–Trinajstić information content (AvgIpc) is 1.98. The highest BCUT2D eigenvalue weighted by molar-refractivity contribution is 5.77. The second-order valence-electron chi connectivity index (χ2n) is 3.68. The van der Waals surface area contributed by atoms with Crippen LogP contribution in [0.3, 0.4) is 0 Å². The molecule has 0 atom stereocenters. The summed E-state index contributed by atoms with van der Waals surface area (Å²) in [7, 11) is 1.37. The fourth-order valence-corrected chi connectivity index (χ4v) is 0.670. The quantitative estimate of drug-likeness (QED) is 0.625. The van der Waals surface area contributed by atoms with Gasteiger partial charge in [-0.05, 0) is 20.8 Å². The summed E-state index contributed by atoms with van der Waals surface area (Å²) in [6.07, 6.45) is 0. The highest BCUT2D eigenvalue weighted by atomic mass is 16.6. The minimum atomic E-state index is -0.585. The van der Waals surface area contributed by atoms with Gasteiger partial charge in [-0.2, -0.15) is 0 Å². The molecule has 5 nitrogen and oxygen atoms in total. The van der Waals surface area contributed by atoms with Gasteiger partial charge in [-0.15, -0.1) is 0 Å². The van der Waals surface area contributed by atoms with Crippen LogP contribution in [-0.4, -0.2) is 37.9 Å². The van der Waals surface area contributed by atoms with E-state index in [9.17, 15) is 9.59 Å². The molecular weight excluding hydrogens is 188 g/mol. The molecule has 0 aliphatic carbocycles. The molecule has 0 bridgehead atoms. The van der Waals surface area contributed by atoms with E-state index in [0.717, 1.165) is 0 Å². The Kier molecular flexibility index (Phi) is 5.15. The first kappa shape index (κ1) is 12.9. The zero-order valence-corrected chi connectivity index (χ0v) is 8.96. The van der Waals surface area contributed by atoms with Gasteiger partial charge in [0.2, 0.25) is 0 Å². The molecule has 0 amide bonds. The molecular formula is C9H16O5. The largest absolute Gasteiger partial charge is 0.457 e. The Morgan fingerprint density at radius 2 is 1.64 bits per heavy atom. The number of esters is 2. The van der Waals surface area contributed by atoms with Crippen molar-refractivity contribution in [1.29, 1.82) is 0 Å². The first-order valence-corrected chi connectivity index (χ1v) is 4.21. The molecule has 14 heavy (non-hydrogen) atoms. The molecule has 0 saturated heterocycles. The molecule has 0 N–H and O–H groups in total. The third kappa shape index (κ3) is 7.54. The van der Waals surface area contributed by atoms with E-state index in [0.29, 0.717) is 0 Å². The molecule has 0 heterocycles. The SMILES string of the molecule is COCC(=O)OCC(=O)OC(C)(C)C. The van der Waals surface area contributed by atoms with E-state index >= 15 is 0 Å². The lowest BCUT2D eigenvalue weighted by molar-refractivity contribution is -0.167. The molecule has 0 aromatic carbocycles. The van der Waals surface area contributed by atoms with Gasteiger partial charge in [0.25, 0.3) is 0 Å². The lowest BCUT2D eigenvalue weighted by Gasteiger charge is -2.19. The fraction of sp³-hybridized carbons (Fsp3) is 0.778. The van der Waals surface area contributed by atoms with Crippen molar-refractivity contribution in [3.63, 3.8) is 0 Å². The summed E-state index contributed by atoms with van der Waals surface area (Å²) in [5, 5.41) is 0. The zero-order valence-electron chi connectivity index (χ0n) is 8.96. The predicted molar refractivity (Wildman–Crippen MR) is 48.7 cm³/mol. The predicted octanol–water partition coefficient (Wildman–Crippen LogP) is 0.518. The van der Waals surface area contributed by atoms with Crippen LogP contribution >= 0.6 is 0 Å². The first-order valence-electron chi connectivity index (χ1n) is 4.21. The van der Waals surface area contributed by atoms with Crippen molar-refractivity contribution in [3.8, 4) is 0 Å². The Bertz CT molecular complexity index is 204. The molecule has 0 radical (unpaired) electrons. The van der Waals surface area contributed by atoms with Gasteiger partial charge in [0, 0.05) is 7.11 Å². The zero-order chi connectivity index (χ0) is 11.2. The van der Waals surface area contributed by atoms with E-state index in [1.807, 2.05) is 0 Å². The van der Waals surface area contributed by atoms with Crippen LogP contribution in [0, 0.1) is 0 Å². The lowest BCUT2D eigenvalue weighted by Crippen LogP contribution is -2.28. The summed E-state index contributed by atoms with van der Waals surface area (Å²) in [6, 6.07) is 0. The second-order valence-corrected chi connectivity index (χ2v) is 3.68. The van der Waals surface area contributed by atoms with Crippen molar-refractivity contribution >= 4 is 11.9 Å². The maximum Gasteiger partial charge on any atom is 0.344 e.